The van der Waals surface area contributed by atoms with E-state index in [0.717, 1.165) is 11.3 Å². The van der Waals surface area contributed by atoms with Crippen molar-refractivity contribution in [1.29, 1.82) is 0 Å². The monoisotopic (exact) mass is 344 g/mol. The van der Waals surface area contributed by atoms with E-state index < -0.39 is 12.1 Å². The number of carbonyl (C=O) groups excluding carboxylic acids is 2. The zero-order chi connectivity index (χ0) is 18.2. The molecule has 0 unspecified atom stereocenters. The van der Waals surface area contributed by atoms with Crippen LogP contribution in [0.3, 0.4) is 0 Å². The van der Waals surface area contributed by atoms with Crippen molar-refractivity contribution in [3.05, 3.63) is 53.9 Å². The molecule has 25 heavy (non-hydrogen) atoms. The second-order valence-corrected chi connectivity index (χ2v) is 5.21. The number of hydrogen-bond acceptors (Lipinski definition) is 6. The van der Waals surface area contributed by atoms with E-state index in [-0.39, 0.29) is 23.8 Å². The molecule has 132 valence electrons. The number of esters is 1. The number of aromatic nitrogens is 1. The van der Waals surface area contributed by atoms with Crippen LogP contribution in [-0.2, 0) is 20.9 Å². The third-order valence-electron chi connectivity index (χ3n) is 3.49. The first-order valence-electron chi connectivity index (χ1n) is 7.63. The lowest BCUT2D eigenvalue weighted by Crippen LogP contribution is -2.28. The number of methoxy groups -OCH3 is 2. The van der Waals surface area contributed by atoms with E-state index in [9.17, 15) is 9.59 Å². The van der Waals surface area contributed by atoms with Gasteiger partial charge in [0.25, 0.3) is 5.91 Å². The summed E-state index contributed by atoms with van der Waals surface area (Å²) < 4.78 is 15.4. The zero-order valence-corrected chi connectivity index (χ0v) is 14.3. The first-order chi connectivity index (χ1) is 12.0. The number of ether oxygens (including phenoxy) is 3. The summed E-state index contributed by atoms with van der Waals surface area (Å²) in [6.45, 7) is 1.88. The minimum absolute atomic E-state index is 0.228. The van der Waals surface area contributed by atoms with Crippen molar-refractivity contribution >= 4 is 17.6 Å². The summed E-state index contributed by atoms with van der Waals surface area (Å²) in [5.41, 5.74) is 1.39. The molecular formula is C18H20N2O5. The Bertz CT molecular complexity index is 748. The predicted octanol–water partition coefficient (Wildman–Crippen LogP) is 2.42. The van der Waals surface area contributed by atoms with E-state index in [4.69, 9.17) is 9.47 Å². The maximum Gasteiger partial charge on any atom is 0.340 e. The fourth-order valence-corrected chi connectivity index (χ4v) is 2.08. The molecule has 1 aromatic carbocycles. The third kappa shape index (κ3) is 5.02. The number of hydrogen-bond donors (Lipinski definition) is 1. The van der Waals surface area contributed by atoms with Crippen molar-refractivity contribution in [3.8, 4) is 5.75 Å². The van der Waals surface area contributed by atoms with Crippen molar-refractivity contribution in [2.45, 2.75) is 19.6 Å². The summed E-state index contributed by atoms with van der Waals surface area (Å²) in [6.07, 6.45) is 2.11. The van der Waals surface area contributed by atoms with Gasteiger partial charge in [0.05, 0.1) is 38.3 Å². The molecule has 1 N–H and O–H groups in total. The molecule has 0 radical (unpaired) electrons. The molecule has 0 aliphatic heterocycles. The number of rotatable bonds is 7. The molecule has 0 fully saturated rings. The van der Waals surface area contributed by atoms with E-state index in [1.165, 1.54) is 25.6 Å². The van der Waals surface area contributed by atoms with Crippen molar-refractivity contribution in [2.75, 3.05) is 19.5 Å². The van der Waals surface area contributed by atoms with Gasteiger partial charge in [-0.2, -0.15) is 0 Å². The summed E-state index contributed by atoms with van der Waals surface area (Å²) in [5, 5.41) is 2.63. The number of anilines is 1. The van der Waals surface area contributed by atoms with Gasteiger partial charge in [0.2, 0.25) is 0 Å². The minimum Gasteiger partial charge on any atom is -0.497 e. The summed E-state index contributed by atoms with van der Waals surface area (Å²) >= 11 is 0. The highest BCUT2D eigenvalue weighted by Crippen LogP contribution is 2.16. The fourth-order valence-electron chi connectivity index (χ4n) is 2.08. The molecule has 0 aliphatic rings. The van der Waals surface area contributed by atoms with Crippen LogP contribution in [0.25, 0.3) is 0 Å². The molecule has 2 rings (SSSR count). The molecule has 0 saturated carbocycles. The number of carbonyl (C=O) groups is 2. The minimum atomic E-state index is -0.725. The molecule has 1 amide bonds. The van der Waals surface area contributed by atoms with Crippen LogP contribution in [0.5, 0.6) is 5.75 Å². The summed E-state index contributed by atoms with van der Waals surface area (Å²) in [7, 11) is 2.86. The summed E-state index contributed by atoms with van der Waals surface area (Å²) in [4.78, 5) is 27.9. The number of nitrogens with zero attached hydrogens (tertiary/aromatic N) is 1. The molecule has 7 nitrogen and oxygen atoms in total. The molecule has 1 atom stereocenters. The van der Waals surface area contributed by atoms with Crippen LogP contribution >= 0.6 is 0 Å². The van der Waals surface area contributed by atoms with Crippen LogP contribution in [0.2, 0.25) is 0 Å². The molecular weight excluding hydrogens is 324 g/mol. The van der Waals surface area contributed by atoms with E-state index in [1.54, 1.807) is 14.0 Å². The lowest BCUT2D eigenvalue weighted by atomic mass is 10.2. The van der Waals surface area contributed by atoms with Crippen LogP contribution < -0.4 is 10.1 Å². The Balaban J connectivity index is 1.97. The van der Waals surface area contributed by atoms with Gasteiger partial charge in [-0.1, -0.05) is 12.1 Å². The average Bonchev–Trinajstić information content (AvgIpc) is 2.66. The first kappa shape index (κ1) is 18.4. The van der Waals surface area contributed by atoms with Gasteiger partial charge >= 0.3 is 5.97 Å². The topological polar surface area (TPSA) is 86.8 Å². The zero-order valence-electron chi connectivity index (χ0n) is 14.3. The summed E-state index contributed by atoms with van der Waals surface area (Å²) in [6, 6.07) is 8.87. The van der Waals surface area contributed by atoms with Crippen molar-refractivity contribution in [3.63, 3.8) is 0 Å². The normalized spacial score (nSPS) is 11.5. The number of pyridine rings is 1. The van der Waals surface area contributed by atoms with E-state index >= 15 is 0 Å². The molecule has 0 aliphatic carbocycles. The van der Waals surface area contributed by atoms with Gasteiger partial charge in [-0.3, -0.25) is 9.78 Å². The summed E-state index contributed by atoms with van der Waals surface area (Å²) in [5.74, 6) is -0.222. The van der Waals surface area contributed by atoms with Crippen molar-refractivity contribution < 1.29 is 23.8 Å². The van der Waals surface area contributed by atoms with Crippen molar-refractivity contribution in [1.82, 2.24) is 4.98 Å². The highest BCUT2D eigenvalue weighted by atomic mass is 16.5. The van der Waals surface area contributed by atoms with Gasteiger partial charge in [0.1, 0.15) is 11.9 Å². The van der Waals surface area contributed by atoms with Gasteiger partial charge in [-0.05, 0) is 30.7 Å². The van der Waals surface area contributed by atoms with Crippen LogP contribution in [-0.4, -0.2) is 37.2 Å². The average molecular weight is 344 g/mol. The molecule has 7 heteroatoms. The molecule has 1 aromatic heterocycles. The Morgan fingerprint density at radius 2 is 2.04 bits per heavy atom. The Morgan fingerprint density at radius 3 is 2.76 bits per heavy atom. The highest BCUT2D eigenvalue weighted by Gasteiger charge is 2.18. The lowest BCUT2D eigenvalue weighted by Gasteiger charge is -2.15. The standard InChI is InChI=1S/C18H20N2O5/c1-12(25-11-13-5-4-6-14(9-13)23-2)17(21)20-16-10-19-8-7-15(16)18(22)24-3/h4-10,12H,11H2,1-3H3,(H,20,21)/t12-/m0/s1. The van der Waals surface area contributed by atoms with Crippen LogP contribution in [0.1, 0.15) is 22.8 Å². The Hall–Kier alpha value is -2.93. The van der Waals surface area contributed by atoms with Gasteiger partial charge in [0.15, 0.2) is 0 Å². The van der Waals surface area contributed by atoms with Crippen LogP contribution in [0, 0.1) is 0 Å². The van der Waals surface area contributed by atoms with Gasteiger partial charge in [-0.15, -0.1) is 0 Å². The maximum absolute atomic E-state index is 12.3. The molecule has 0 spiro atoms. The second-order valence-electron chi connectivity index (χ2n) is 5.21. The Morgan fingerprint density at radius 1 is 1.24 bits per heavy atom. The maximum atomic E-state index is 12.3. The molecule has 0 bridgehead atoms. The molecule has 2 aromatic rings. The van der Waals surface area contributed by atoms with Crippen LogP contribution in [0.4, 0.5) is 5.69 Å². The Labute approximate surface area is 145 Å². The second kappa shape index (κ2) is 8.79. The van der Waals surface area contributed by atoms with E-state index in [2.05, 4.69) is 15.0 Å². The van der Waals surface area contributed by atoms with E-state index in [1.807, 2.05) is 24.3 Å². The van der Waals surface area contributed by atoms with Gasteiger partial charge < -0.3 is 19.5 Å². The molecule has 1 heterocycles. The predicted molar refractivity (Wildman–Crippen MR) is 91.5 cm³/mol. The fraction of sp³-hybridized carbons (Fsp3) is 0.278. The SMILES string of the molecule is COC(=O)c1ccncc1NC(=O)[C@H](C)OCc1cccc(OC)c1. The van der Waals surface area contributed by atoms with Gasteiger partial charge in [-0.25, -0.2) is 4.79 Å². The molecule has 0 saturated heterocycles. The largest absolute Gasteiger partial charge is 0.497 e. The van der Waals surface area contributed by atoms with Crippen LogP contribution in [0.15, 0.2) is 42.7 Å². The highest BCUT2D eigenvalue weighted by molar-refractivity contribution is 6.02. The quantitative estimate of drug-likeness (QED) is 0.776. The smallest absolute Gasteiger partial charge is 0.340 e. The van der Waals surface area contributed by atoms with Crippen molar-refractivity contribution in [2.24, 2.45) is 0 Å². The number of amides is 1. The third-order valence-corrected chi connectivity index (χ3v) is 3.49. The Kier molecular flexibility index (Phi) is 6.47. The lowest BCUT2D eigenvalue weighted by molar-refractivity contribution is -0.127. The first-order valence-corrected chi connectivity index (χ1v) is 7.63. The number of nitrogens with one attached hydrogen (secondary N) is 1. The van der Waals surface area contributed by atoms with Gasteiger partial charge in [0, 0.05) is 6.20 Å². The van der Waals surface area contributed by atoms with E-state index in [0.29, 0.717) is 0 Å². The number of benzene rings is 1.